The number of anilines is 2. The van der Waals surface area contributed by atoms with Crippen molar-refractivity contribution >= 4 is 35.4 Å². The molecule has 9 nitrogen and oxygen atoms in total. The highest BCUT2D eigenvalue weighted by molar-refractivity contribution is 5.93. The van der Waals surface area contributed by atoms with Gasteiger partial charge in [0.15, 0.2) is 0 Å². The van der Waals surface area contributed by atoms with Crippen molar-refractivity contribution in [2.75, 3.05) is 18.1 Å². The fourth-order valence-electron chi connectivity index (χ4n) is 3.33. The molecule has 0 aromatic heterocycles. The standard InChI is InChI=1S/C27H22F4N2O7/c28-26(29)27(30,31)40-19-8-4-16(5-9-19)25(37)39-18-6-1-15(2-7-18)3-10-23(34)38-12-11-20-21(24(35)36)13-17(32)14-22(20)33/h1-10,13-14,26H,11-12,32-33H2,(H,35,36)/b10-3+. The van der Waals surface area contributed by atoms with Gasteiger partial charge in [0.2, 0.25) is 0 Å². The zero-order chi connectivity index (χ0) is 29.4. The number of aromatic carboxylic acids is 1. The predicted octanol–water partition coefficient (Wildman–Crippen LogP) is 4.80. The van der Waals surface area contributed by atoms with Crippen LogP contribution in [0.2, 0.25) is 0 Å². The van der Waals surface area contributed by atoms with Gasteiger partial charge in [0.05, 0.1) is 17.7 Å². The van der Waals surface area contributed by atoms with Crippen LogP contribution in [0.3, 0.4) is 0 Å². The number of ether oxygens (including phenoxy) is 3. The average Bonchev–Trinajstić information content (AvgIpc) is 2.89. The predicted molar refractivity (Wildman–Crippen MR) is 135 cm³/mol. The van der Waals surface area contributed by atoms with Crippen LogP contribution in [-0.2, 0) is 16.0 Å². The van der Waals surface area contributed by atoms with Gasteiger partial charge >= 0.3 is 30.4 Å². The van der Waals surface area contributed by atoms with Crippen molar-refractivity contribution in [2.45, 2.75) is 19.0 Å². The summed E-state index contributed by atoms with van der Waals surface area (Å²) in [4.78, 5) is 35.7. The van der Waals surface area contributed by atoms with Crippen LogP contribution >= 0.6 is 0 Å². The van der Waals surface area contributed by atoms with E-state index in [2.05, 4.69) is 4.74 Å². The van der Waals surface area contributed by atoms with Crippen molar-refractivity contribution in [1.29, 1.82) is 0 Å². The van der Waals surface area contributed by atoms with Crippen LogP contribution in [0.4, 0.5) is 28.9 Å². The van der Waals surface area contributed by atoms with Crippen LogP contribution in [-0.4, -0.2) is 42.2 Å². The highest BCUT2D eigenvalue weighted by Gasteiger charge is 2.43. The maximum absolute atomic E-state index is 13.0. The molecule has 0 aliphatic heterocycles. The Bertz CT molecular complexity index is 1410. The first kappa shape index (κ1) is 29.5. The number of carboxylic acid groups (broad SMARTS) is 1. The van der Waals surface area contributed by atoms with Crippen LogP contribution in [0.25, 0.3) is 6.08 Å². The molecule has 5 N–H and O–H groups in total. The molecule has 3 aromatic carbocycles. The van der Waals surface area contributed by atoms with E-state index >= 15 is 0 Å². The van der Waals surface area contributed by atoms with Crippen LogP contribution in [0.5, 0.6) is 11.5 Å². The van der Waals surface area contributed by atoms with Gasteiger partial charge in [-0.3, -0.25) is 0 Å². The average molecular weight is 562 g/mol. The zero-order valence-corrected chi connectivity index (χ0v) is 20.5. The van der Waals surface area contributed by atoms with E-state index in [1.54, 1.807) is 0 Å². The van der Waals surface area contributed by atoms with E-state index in [1.165, 1.54) is 42.5 Å². The molecule has 0 aliphatic carbocycles. The molecule has 0 aliphatic rings. The third-order valence-electron chi connectivity index (χ3n) is 5.23. The molecule has 0 saturated carbocycles. The van der Waals surface area contributed by atoms with E-state index in [-0.39, 0.29) is 41.3 Å². The van der Waals surface area contributed by atoms with Crippen molar-refractivity contribution in [1.82, 2.24) is 0 Å². The second-order valence-electron chi connectivity index (χ2n) is 8.14. The lowest BCUT2D eigenvalue weighted by Crippen LogP contribution is -2.33. The van der Waals surface area contributed by atoms with Gasteiger partial charge in [-0.1, -0.05) is 12.1 Å². The SMILES string of the molecule is Nc1cc(N)c(CCOC(=O)/C=C/c2ccc(OC(=O)c3ccc(OC(F)(F)C(F)F)cc3)cc2)c(C(=O)O)c1. The molecule has 0 unspecified atom stereocenters. The number of nitrogen functional groups attached to an aromatic ring is 2. The van der Waals surface area contributed by atoms with E-state index < -0.39 is 36.2 Å². The summed E-state index contributed by atoms with van der Waals surface area (Å²) < 4.78 is 64.6. The molecule has 210 valence electrons. The summed E-state index contributed by atoms with van der Waals surface area (Å²) in [5, 5.41) is 9.31. The first-order chi connectivity index (χ1) is 18.9. The minimum absolute atomic E-state index is 0.0457. The number of carbonyl (C=O) groups excluding carboxylic acids is 2. The summed E-state index contributed by atoms with van der Waals surface area (Å²) in [5.74, 6) is -3.18. The number of nitrogens with two attached hydrogens (primary N) is 2. The topological polar surface area (TPSA) is 151 Å². The Kier molecular flexibility index (Phi) is 9.33. The van der Waals surface area contributed by atoms with E-state index in [0.29, 0.717) is 11.1 Å². The highest BCUT2D eigenvalue weighted by atomic mass is 19.3. The molecule has 0 spiro atoms. The van der Waals surface area contributed by atoms with Crippen LogP contribution < -0.4 is 20.9 Å². The number of carbonyl (C=O) groups is 3. The third-order valence-corrected chi connectivity index (χ3v) is 5.23. The fourth-order valence-corrected chi connectivity index (χ4v) is 3.33. The molecule has 0 amide bonds. The van der Waals surface area contributed by atoms with Crippen molar-refractivity contribution in [2.24, 2.45) is 0 Å². The maximum atomic E-state index is 13.0. The van der Waals surface area contributed by atoms with E-state index in [9.17, 15) is 37.1 Å². The number of carboxylic acids is 1. The largest absolute Gasteiger partial charge is 0.478 e. The summed E-state index contributed by atoms with van der Waals surface area (Å²) >= 11 is 0. The molecule has 3 rings (SSSR count). The number of hydrogen-bond donors (Lipinski definition) is 3. The number of alkyl halides is 4. The molecular weight excluding hydrogens is 540 g/mol. The van der Waals surface area contributed by atoms with Gasteiger partial charge in [-0.15, -0.1) is 0 Å². The second-order valence-corrected chi connectivity index (χ2v) is 8.14. The Labute approximate surface area is 224 Å². The smallest absolute Gasteiger partial charge is 0.461 e. The van der Waals surface area contributed by atoms with Gasteiger partial charge in [0.25, 0.3) is 0 Å². The summed E-state index contributed by atoms with van der Waals surface area (Å²) in [5.41, 5.74) is 12.5. The van der Waals surface area contributed by atoms with Crippen molar-refractivity contribution in [3.63, 3.8) is 0 Å². The lowest BCUT2D eigenvalue weighted by atomic mass is 10.0. The Morgan fingerprint density at radius 1 is 0.950 bits per heavy atom. The summed E-state index contributed by atoms with van der Waals surface area (Å²) in [6.07, 6.45) is -6.05. The number of benzene rings is 3. The summed E-state index contributed by atoms with van der Waals surface area (Å²) in [6, 6.07) is 12.6. The molecule has 3 aromatic rings. The molecule has 0 atom stereocenters. The van der Waals surface area contributed by atoms with Crippen molar-refractivity contribution in [3.05, 3.63) is 89.0 Å². The Hall–Kier alpha value is -5.07. The Morgan fingerprint density at radius 2 is 1.57 bits per heavy atom. The Balaban J connectivity index is 1.51. The monoisotopic (exact) mass is 562 g/mol. The van der Waals surface area contributed by atoms with Gasteiger partial charge in [0, 0.05) is 23.9 Å². The van der Waals surface area contributed by atoms with Gasteiger partial charge in [-0.05, 0) is 65.7 Å². The lowest BCUT2D eigenvalue weighted by molar-refractivity contribution is -0.253. The molecule has 0 radical (unpaired) electrons. The zero-order valence-electron chi connectivity index (χ0n) is 20.5. The number of halogens is 4. The lowest BCUT2D eigenvalue weighted by Gasteiger charge is -2.16. The van der Waals surface area contributed by atoms with Gasteiger partial charge < -0.3 is 30.8 Å². The van der Waals surface area contributed by atoms with E-state index in [0.717, 1.165) is 30.3 Å². The number of rotatable bonds is 11. The maximum Gasteiger partial charge on any atom is 0.461 e. The van der Waals surface area contributed by atoms with E-state index in [4.69, 9.17) is 20.9 Å². The van der Waals surface area contributed by atoms with Gasteiger partial charge in [-0.25, -0.2) is 14.4 Å². The van der Waals surface area contributed by atoms with Gasteiger partial charge in [0.1, 0.15) is 11.5 Å². The molecule has 13 heteroatoms. The summed E-state index contributed by atoms with van der Waals surface area (Å²) in [6.45, 7) is -0.131. The first-order valence-corrected chi connectivity index (χ1v) is 11.4. The molecule has 0 fully saturated rings. The van der Waals surface area contributed by atoms with Crippen molar-refractivity contribution < 1.29 is 51.3 Å². The molecule has 40 heavy (non-hydrogen) atoms. The minimum Gasteiger partial charge on any atom is -0.478 e. The normalized spacial score (nSPS) is 11.4. The van der Waals surface area contributed by atoms with Crippen LogP contribution in [0.15, 0.2) is 66.7 Å². The van der Waals surface area contributed by atoms with Gasteiger partial charge in [-0.2, -0.15) is 17.6 Å². The number of esters is 2. The Morgan fingerprint density at radius 3 is 2.17 bits per heavy atom. The van der Waals surface area contributed by atoms with Crippen LogP contribution in [0, 0.1) is 0 Å². The molecule has 0 bridgehead atoms. The highest BCUT2D eigenvalue weighted by Crippen LogP contribution is 2.28. The number of hydrogen-bond acceptors (Lipinski definition) is 8. The quantitative estimate of drug-likeness (QED) is 0.0984. The fraction of sp³-hybridized carbons (Fsp3) is 0.148. The molecule has 0 saturated heterocycles. The second kappa shape index (κ2) is 12.7. The molecule has 0 heterocycles. The van der Waals surface area contributed by atoms with E-state index in [1.807, 2.05) is 0 Å². The summed E-state index contributed by atoms with van der Waals surface area (Å²) in [7, 11) is 0. The van der Waals surface area contributed by atoms with Crippen molar-refractivity contribution in [3.8, 4) is 11.5 Å². The first-order valence-electron chi connectivity index (χ1n) is 11.4. The minimum atomic E-state index is -4.67. The van der Waals surface area contributed by atoms with Crippen LogP contribution in [0.1, 0.15) is 31.8 Å². The molecular formula is C27H22F4N2O7. The third kappa shape index (κ3) is 7.96.